The van der Waals surface area contributed by atoms with Gasteiger partial charge < -0.3 is 5.11 Å². The molecule has 15 heavy (non-hydrogen) atoms. The molecule has 6 nitrogen and oxygen atoms in total. The summed E-state index contributed by atoms with van der Waals surface area (Å²) in [4.78, 5) is 10.4. The van der Waals surface area contributed by atoms with Crippen molar-refractivity contribution in [3.05, 3.63) is 0 Å². The van der Waals surface area contributed by atoms with E-state index in [9.17, 15) is 13.2 Å². The number of unbranched alkanes of at least 4 members (excludes halogenated alkanes) is 1. The lowest BCUT2D eigenvalue weighted by molar-refractivity contribution is -0.137. The van der Waals surface area contributed by atoms with Crippen LogP contribution in [0.3, 0.4) is 0 Å². The van der Waals surface area contributed by atoms with Gasteiger partial charge in [0, 0.05) is 19.6 Å². The lowest BCUT2D eigenvalue weighted by Gasteiger charge is -2.16. The average molecular weight is 236 g/mol. The number of carboxylic acid groups (broad SMARTS) is 1. The van der Waals surface area contributed by atoms with Crippen LogP contribution in [0.1, 0.15) is 19.8 Å². The van der Waals surface area contributed by atoms with Crippen LogP contribution in [0.5, 0.6) is 0 Å². The first-order chi connectivity index (χ1) is 6.98. The van der Waals surface area contributed by atoms with Gasteiger partial charge in [-0.05, 0) is 6.42 Å². The molecule has 0 bridgehead atoms. The highest BCUT2D eigenvalue weighted by Gasteiger charge is 2.36. The van der Waals surface area contributed by atoms with Crippen molar-refractivity contribution >= 4 is 16.2 Å². The summed E-state index contributed by atoms with van der Waals surface area (Å²) in [6.07, 6.45) is 1.73. The molecule has 1 saturated heterocycles. The Morgan fingerprint density at radius 1 is 1.33 bits per heavy atom. The fraction of sp³-hybridized carbons (Fsp3) is 0.875. The van der Waals surface area contributed by atoms with Gasteiger partial charge in [0.05, 0.1) is 0 Å². The van der Waals surface area contributed by atoms with Crippen molar-refractivity contribution in [1.29, 1.82) is 0 Å². The number of hydrogen-bond donors (Lipinski definition) is 1. The van der Waals surface area contributed by atoms with E-state index in [0.717, 1.165) is 17.1 Å². The molecule has 0 unspecified atom stereocenters. The summed E-state index contributed by atoms with van der Waals surface area (Å²) >= 11 is 0. The molecule has 0 spiro atoms. The Bertz CT molecular complexity index is 328. The smallest absolute Gasteiger partial charge is 0.318 e. The molecule has 1 heterocycles. The molecule has 88 valence electrons. The van der Waals surface area contributed by atoms with Crippen LogP contribution < -0.4 is 0 Å². The minimum atomic E-state index is -3.51. The monoisotopic (exact) mass is 236 g/mol. The quantitative estimate of drug-likeness (QED) is 0.713. The highest BCUT2D eigenvalue weighted by atomic mass is 32.2. The zero-order valence-corrected chi connectivity index (χ0v) is 9.53. The SMILES string of the molecule is CCCCN1CCN(CC(=O)O)S1(=O)=O. The maximum atomic E-state index is 11.7. The van der Waals surface area contributed by atoms with E-state index >= 15 is 0 Å². The molecule has 1 aliphatic heterocycles. The molecule has 0 aromatic heterocycles. The molecule has 1 aliphatic rings. The van der Waals surface area contributed by atoms with Gasteiger partial charge in [-0.25, -0.2) is 0 Å². The first-order valence-corrected chi connectivity index (χ1v) is 6.35. The van der Waals surface area contributed by atoms with Gasteiger partial charge in [-0.3, -0.25) is 4.79 Å². The van der Waals surface area contributed by atoms with Crippen molar-refractivity contribution in [1.82, 2.24) is 8.61 Å². The normalized spacial score (nSPS) is 21.9. The van der Waals surface area contributed by atoms with Crippen LogP contribution in [0.2, 0.25) is 0 Å². The second kappa shape index (κ2) is 4.91. The summed E-state index contributed by atoms with van der Waals surface area (Å²) in [6.45, 7) is 2.70. The molecule has 0 radical (unpaired) electrons. The third-order valence-electron chi connectivity index (χ3n) is 2.32. The van der Waals surface area contributed by atoms with Crippen LogP contribution in [-0.2, 0) is 15.0 Å². The largest absolute Gasteiger partial charge is 0.480 e. The van der Waals surface area contributed by atoms with E-state index in [-0.39, 0.29) is 6.54 Å². The zero-order valence-electron chi connectivity index (χ0n) is 8.72. The predicted octanol–water partition coefficient (Wildman–Crippen LogP) is -0.266. The molecule has 1 rings (SSSR count). The van der Waals surface area contributed by atoms with E-state index in [1.807, 2.05) is 6.92 Å². The maximum absolute atomic E-state index is 11.7. The molecule has 0 aliphatic carbocycles. The molecule has 0 amide bonds. The van der Waals surface area contributed by atoms with Gasteiger partial charge in [0.1, 0.15) is 6.54 Å². The van der Waals surface area contributed by atoms with Gasteiger partial charge in [0.15, 0.2) is 0 Å². The third-order valence-corrected chi connectivity index (χ3v) is 4.31. The number of rotatable bonds is 5. The molecule has 1 N–H and O–H groups in total. The Hall–Kier alpha value is -0.660. The zero-order chi connectivity index (χ0) is 11.5. The van der Waals surface area contributed by atoms with Crippen molar-refractivity contribution in [2.75, 3.05) is 26.2 Å². The van der Waals surface area contributed by atoms with Gasteiger partial charge in [-0.1, -0.05) is 13.3 Å². The van der Waals surface area contributed by atoms with E-state index in [4.69, 9.17) is 5.11 Å². The highest BCUT2D eigenvalue weighted by molar-refractivity contribution is 7.87. The van der Waals surface area contributed by atoms with Crippen LogP contribution in [0.4, 0.5) is 0 Å². The van der Waals surface area contributed by atoms with E-state index in [1.54, 1.807) is 0 Å². The van der Waals surface area contributed by atoms with Crippen LogP contribution in [-0.4, -0.2) is 54.3 Å². The number of nitrogens with zero attached hydrogens (tertiary/aromatic N) is 2. The lowest BCUT2D eigenvalue weighted by atomic mass is 10.3. The van der Waals surface area contributed by atoms with Crippen LogP contribution in [0.25, 0.3) is 0 Å². The van der Waals surface area contributed by atoms with Gasteiger partial charge in [0.25, 0.3) is 10.2 Å². The summed E-state index contributed by atoms with van der Waals surface area (Å²) in [5, 5.41) is 8.54. The predicted molar refractivity (Wildman–Crippen MR) is 54.6 cm³/mol. The molecule has 1 fully saturated rings. The molecule has 0 atom stereocenters. The minimum Gasteiger partial charge on any atom is -0.480 e. The van der Waals surface area contributed by atoms with Crippen molar-refractivity contribution in [3.8, 4) is 0 Å². The molecule has 0 saturated carbocycles. The fourth-order valence-electron chi connectivity index (χ4n) is 1.49. The second-order valence-corrected chi connectivity index (χ2v) is 5.42. The topological polar surface area (TPSA) is 77.9 Å². The van der Waals surface area contributed by atoms with Crippen molar-refractivity contribution in [2.45, 2.75) is 19.8 Å². The van der Waals surface area contributed by atoms with Crippen LogP contribution >= 0.6 is 0 Å². The number of aliphatic carboxylic acids is 1. The van der Waals surface area contributed by atoms with Gasteiger partial charge in [-0.2, -0.15) is 17.0 Å². The van der Waals surface area contributed by atoms with E-state index in [1.165, 1.54) is 4.31 Å². The number of hydrogen-bond acceptors (Lipinski definition) is 3. The molecular weight excluding hydrogens is 220 g/mol. The van der Waals surface area contributed by atoms with Crippen LogP contribution in [0, 0.1) is 0 Å². The fourth-order valence-corrected chi connectivity index (χ4v) is 3.07. The van der Waals surface area contributed by atoms with Crippen molar-refractivity contribution < 1.29 is 18.3 Å². The highest BCUT2D eigenvalue weighted by Crippen LogP contribution is 2.16. The Labute approximate surface area is 89.7 Å². The van der Waals surface area contributed by atoms with E-state index in [0.29, 0.717) is 13.1 Å². The summed E-state index contributed by atoms with van der Waals surface area (Å²) in [6, 6.07) is 0. The summed E-state index contributed by atoms with van der Waals surface area (Å²) in [7, 11) is -3.51. The van der Waals surface area contributed by atoms with Gasteiger partial charge in [-0.15, -0.1) is 0 Å². The summed E-state index contributed by atoms with van der Waals surface area (Å²) in [5.74, 6) is -1.11. The average Bonchev–Trinajstić information content (AvgIpc) is 2.39. The minimum absolute atomic E-state index is 0.276. The summed E-state index contributed by atoms with van der Waals surface area (Å²) < 4.78 is 25.8. The Morgan fingerprint density at radius 2 is 1.93 bits per heavy atom. The molecular formula is C8H16N2O4S. The van der Waals surface area contributed by atoms with Crippen molar-refractivity contribution in [3.63, 3.8) is 0 Å². The first-order valence-electron chi connectivity index (χ1n) is 4.95. The molecule has 7 heteroatoms. The van der Waals surface area contributed by atoms with Crippen LogP contribution in [0.15, 0.2) is 0 Å². The van der Waals surface area contributed by atoms with Gasteiger partial charge >= 0.3 is 5.97 Å². The Balaban J connectivity index is 2.63. The van der Waals surface area contributed by atoms with Crippen molar-refractivity contribution in [2.24, 2.45) is 0 Å². The lowest BCUT2D eigenvalue weighted by Crippen LogP contribution is -2.36. The standard InChI is InChI=1S/C8H16N2O4S/c1-2-3-4-9-5-6-10(7-8(11)12)15(9,13)14/h2-7H2,1H3,(H,11,12). The second-order valence-electron chi connectivity index (χ2n) is 3.49. The first kappa shape index (κ1) is 12.4. The Kier molecular flexibility index (Phi) is 4.06. The maximum Gasteiger partial charge on any atom is 0.318 e. The molecule has 0 aromatic carbocycles. The third kappa shape index (κ3) is 2.90. The van der Waals surface area contributed by atoms with E-state index < -0.39 is 22.7 Å². The Morgan fingerprint density at radius 3 is 2.47 bits per heavy atom. The number of carboxylic acids is 1. The summed E-state index contributed by atoms with van der Waals surface area (Å²) in [5.41, 5.74) is 0. The number of carbonyl (C=O) groups is 1. The van der Waals surface area contributed by atoms with Gasteiger partial charge in [0.2, 0.25) is 0 Å². The molecule has 0 aromatic rings. The van der Waals surface area contributed by atoms with E-state index in [2.05, 4.69) is 0 Å².